The van der Waals surface area contributed by atoms with Gasteiger partial charge in [-0.1, -0.05) is 68.5 Å². The summed E-state index contributed by atoms with van der Waals surface area (Å²) in [5.74, 6) is 1.38. The summed E-state index contributed by atoms with van der Waals surface area (Å²) >= 11 is 2.50. The Morgan fingerprint density at radius 1 is 1.28 bits per heavy atom. The quantitative estimate of drug-likeness (QED) is 0.423. The van der Waals surface area contributed by atoms with Gasteiger partial charge in [0.2, 0.25) is 0 Å². The van der Waals surface area contributed by atoms with Crippen molar-refractivity contribution in [3.63, 3.8) is 0 Å². The fourth-order valence-electron chi connectivity index (χ4n) is 3.29. The highest BCUT2D eigenvalue weighted by Crippen LogP contribution is 2.36. The lowest BCUT2D eigenvalue weighted by Crippen LogP contribution is -2.41. The van der Waals surface area contributed by atoms with Crippen molar-refractivity contribution in [3.8, 4) is 0 Å². The molecule has 1 saturated heterocycles. The van der Waals surface area contributed by atoms with Gasteiger partial charge >= 0.3 is 5.97 Å². The Hall–Kier alpha value is 0.200. The van der Waals surface area contributed by atoms with E-state index in [1.165, 1.54) is 32.1 Å². The van der Waals surface area contributed by atoms with E-state index in [4.69, 9.17) is 4.74 Å². The number of carbonyl (C=O) groups excluding carboxylic acids is 1. The van der Waals surface area contributed by atoms with E-state index in [-0.39, 0.29) is 18.0 Å². The minimum atomic E-state index is 0.0544. The highest BCUT2D eigenvalue weighted by atomic mass is 127. The van der Waals surface area contributed by atoms with Gasteiger partial charge in [-0.2, -0.15) is 0 Å². The first-order valence-corrected chi connectivity index (χ1v) is 8.67. The molecule has 2 aliphatic rings. The van der Waals surface area contributed by atoms with Crippen LogP contribution in [0.5, 0.6) is 0 Å². The number of cyclic esters (lactones) is 1. The molecular weight excluding hydrogens is 339 g/mol. The van der Waals surface area contributed by atoms with Crippen molar-refractivity contribution in [2.45, 2.75) is 68.8 Å². The van der Waals surface area contributed by atoms with Gasteiger partial charge in [0, 0.05) is 3.92 Å². The summed E-state index contributed by atoms with van der Waals surface area (Å²) in [4.78, 5) is 12.0. The predicted molar refractivity (Wildman–Crippen MR) is 81.8 cm³/mol. The van der Waals surface area contributed by atoms with Crippen molar-refractivity contribution in [1.29, 1.82) is 0 Å². The number of halogens is 1. The van der Waals surface area contributed by atoms with Crippen LogP contribution in [0, 0.1) is 17.8 Å². The van der Waals surface area contributed by atoms with Crippen LogP contribution in [0.15, 0.2) is 0 Å². The molecule has 0 amide bonds. The second-order valence-corrected chi connectivity index (χ2v) is 7.92. The van der Waals surface area contributed by atoms with E-state index in [9.17, 15) is 4.79 Å². The van der Waals surface area contributed by atoms with E-state index < -0.39 is 0 Å². The Kier molecular flexibility index (Phi) is 5.34. The third kappa shape index (κ3) is 3.61. The van der Waals surface area contributed by atoms with E-state index in [0.29, 0.717) is 9.84 Å². The third-order valence-corrected chi connectivity index (χ3v) is 5.86. The molecule has 1 heterocycles. The number of rotatable bonds is 3. The van der Waals surface area contributed by atoms with Gasteiger partial charge in [0.15, 0.2) is 0 Å². The molecule has 0 N–H and O–H groups in total. The molecule has 104 valence electrons. The van der Waals surface area contributed by atoms with Crippen LogP contribution in [0.4, 0.5) is 0 Å². The average molecular weight is 364 g/mol. The van der Waals surface area contributed by atoms with Crippen LogP contribution in [0.1, 0.15) is 58.8 Å². The van der Waals surface area contributed by atoms with Gasteiger partial charge in [-0.3, -0.25) is 4.79 Å². The van der Waals surface area contributed by atoms with Crippen LogP contribution in [-0.2, 0) is 9.53 Å². The molecule has 0 radical (unpaired) electrons. The first-order chi connectivity index (χ1) is 8.58. The van der Waals surface area contributed by atoms with Crippen molar-refractivity contribution in [2.24, 2.45) is 17.8 Å². The summed E-state index contributed by atoms with van der Waals surface area (Å²) < 4.78 is 6.24. The molecular formula is C15H25IO2. The predicted octanol–water partition coefficient (Wildman–Crippen LogP) is 4.35. The number of esters is 1. The molecule has 3 atom stereocenters. The largest absolute Gasteiger partial charge is 0.461 e. The smallest absolute Gasteiger partial charge is 0.309 e. The zero-order valence-electron chi connectivity index (χ0n) is 11.5. The lowest BCUT2D eigenvalue weighted by molar-refractivity contribution is -0.162. The standard InChI is InChI=1S/C15H25IO2/c1-10(2)12-9-13(16)14(18-15(12)17)8-11-6-4-3-5-7-11/h10-14H,3-9H2,1-2H3. The fourth-order valence-corrected chi connectivity index (χ4v) is 4.28. The average Bonchev–Trinajstić information content (AvgIpc) is 2.34. The minimum Gasteiger partial charge on any atom is -0.461 e. The number of hydrogen-bond acceptors (Lipinski definition) is 2. The Morgan fingerprint density at radius 3 is 2.56 bits per heavy atom. The number of carbonyl (C=O) groups is 1. The van der Waals surface area contributed by atoms with Crippen LogP contribution < -0.4 is 0 Å². The zero-order chi connectivity index (χ0) is 13.1. The molecule has 3 heteroatoms. The Labute approximate surface area is 124 Å². The van der Waals surface area contributed by atoms with Gasteiger partial charge in [0.25, 0.3) is 0 Å². The second kappa shape index (κ2) is 6.58. The fraction of sp³-hybridized carbons (Fsp3) is 0.933. The van der Waals surface area contributed by atoms with Crippen molar-refractivity contribution < 1.29 is 9.53 Å². The van der Waals surface area contributed by atoms with Gasteiger partial charge in [0.1, 0.15) is 6.10 Å². The maximum absolute atomic E-state index is 12.0. The van der Waals surface area contributed by atoms with Gasteiger partial charge in [-0.15, -0.1) is 0 Å². The summed E-state index contributed by atoms with van der Waals surface area (Å²) in [6.45, 7) is 4.24. The Morgan fingerprint density at radius 2 is 1.94 bits per heavy atom. The maximum Gasteiger partial charge on any atom is 0.309 e. The van der Waals surface area contributed by atoms with E-state index in [1.807, 2.05) is 0 Å². The van der Waals surface area contributed by atoms with Gasteiger partial charge < -0.3 is 4.74 Å². The first kappa shape index (κ1) is 14.6. The number of ether oxygens (including phenoxy) is 1. The molecule has 2 rings (SSSR count). The molecule has 2 fully saturated rings. The molecule has 0 aromatic rings. The van der Waals surface area contributed by atoms with Gasteiger partial charge in [0.05, 0.1) is 5.92 Å². The highest BCUT2D eigenvalue weighted by molar-refractivity contribution is 14.1. The molecule has 0 bridgehead atoms. The SMILES string of the molecule is CC(C)C1CC(I)C(CC2CCCCC2)OC1=O. The first-order valence-electron chi connectivity index (χ1n) is 7.42. The summed E-state index contributed by atoms with van der Waals surface area (Å²) in [6.07, 6.45) is 9.09. The number of alkyl halides is 1. The molecule has 0 spiro atoms. The molecule has 1 saturated carbocycles. The minimum absolute atomic E-state index is 0.0544. The van der Waals surface area contributed by atoms with Crippen molar-refractivity contribution in [1.82, 2.24) is 0 Å². The molecule has 2 nitrogen and oxygen atoms in total. The van der Waals surface area contributed by atoms with Crippen LogP contribution >= 0.6 is 22.6 Å². The molecule has 0 aromatic heterocycles. The topological polar surface area (TPSA) is 26.3 Å². The maximum atomic E-state index is 12.0. The highest BCUT2D eigenvalue weighted by Gasteiger charge is 2.38. The summed E-state index contributed by atoms with van der Waals surface area (Å²) in [7, 11) is 0. The monoisotopic (exact) mass is 364 g/mol. The lowest BCUT2D eigenvalue weighted by Gasteiger charge is -2.36. The summed E-state index contributed by atoms with van der Waals surface area (Å²) in [6, 6.07) is 0. The van der Waals surface area contributed by atoms with Crippen LogP contribution in [0.25, 0.3) is 0 Å². The van der Waals surface area contributed by atoms with E-state index in [0.717, 1.165) is 18.8 Å². The molecule has 1 aliphatic carbocycles. The zero-order valence-corrected chi connectivity index (χ0v) is 13.7. The van der Waals surface area contributed by atoms with Crippen LogP contribution in [0.3, 0.4) is 0 Å². The normalized spacial score (nSPS) is 34.7. The van der Waals surface area contributed by atoms with E-state index in [2.05, 4.69) is 36.4 Å². The third-order valence-electron chi connectivity index (χ3n) is 4.55. The van der Waals surface area contributed by atoms with Gasteiger partial charge in [-0.25, -0.2) is 0 Å². The van der Waals surface area contributed by atoms with Crippen molar-refractivity contribution >= 4 is 28.6 Å². The summed E-state index contributed by atoms with van der Waals surface area (Å²) in [5.41, 5.74) is 0. The van der Waals surface area contributed by atoms with E-state index in [1.54, 1.807) is 0 Å². The molecule has 3 unspecified atom stereocenters. The number of hydrogen-bond donors (Lipinski definition) is 0. The summed E-state index contributed by atoms with van der Waals surface area (Å²) in [5, 5.41) is 0. The molecule has 0 aromatic carbocycles. The van der Waals surface area contributed by atoms with Crippen LogP contribution in [-0.4, -0.2) is 16.0 Å². The molecule has 1 aliphatic heterocycles. The molecule has 18 heavy (non-hydrogen) atoms. The Bertz CT molecular complexity index is 284. The van der Waals surface area contributed by atoms with Crippen molar-refractivity contribution in [2.75, 3.05) is 0 Å². The van der Waals surface area contributed by atoms with E-state index >= 15 is 0 Å². The van der Waals surface area contributed by atoms with Crippen molar-refractivity contribution in [3.05, 3.63) is 0 Å². The van der Waals surface area contributed by atoms with Gasteiger partial charge in [-0.05, 0) is 24.7 Å². The second-order valence-electron chi connectivity index (χ2n) is 6.32. The van der Waals surface area contributed by atoms with Crippen LogP contribution in [0.2, 0.25) is 0 Å². The Balaban J connectivity index is 1.88. The lowest BCUT2D eigenvalue weighted by atomic mass is 9.82.